The van der Waals surface area contributed by atoms with Crippen molar-refractivity contribution in [1.82, 2.24) is 4.98 Å². The summed E-state index contributed by atoms with van der Waals surface area (Å²) in [5.41, 5.74) is 5.48. The van der Waals surface area contributed by atoms with Crippen LogP contribution in [0.5, 0.6) is 0 Å². The first kappa shape index (κ1) is 10.1. The highest BCUT2D eigenvalue weighted by Crippen LogP contribution is 2.29. The second kappa shape index (κ2) is 3.81. The van der Waals surface area contributed by atoms with Crippen LogP contribution in [0.1, 0.15) is 10.5 Å². The van der Waals surface area contributed by atoms with Gasteiger partial charge in [0.15, 0.2) is 5.69 Å². The molecule has 1 rings (SSSR count). The van der Waals surface area contributed by atoms with E-state index < -0.39 is 5.97 Å². The van der Waals surface area contributed by atoms with E-state index >= 15 is 0 Å². The van der Waals surface area contributed by atoms with E-state index in [-0.39, 0.29) is 21.4 Å². The highest BCUT2D eigenvalue weighted by atomic mass is 35.5. The number of aromatic nitrogens is 1. The molecule has 0 aliphatic carbocycles. The second-order valence-corrected chi connectivity index (χ2v) is 2.96. The Kier molecular flexibility index (Phi) is 2.95. The fourth-order valence-corrected chi connectivity index (χ4v) is 1.03. The summed E-state index contributed by atoms with van der Waals surface area (Å²) in [6.07, 6.45) is 1.24. The molecule has 0 spiro atoms. The van der Waals surface area contributed by atoms with Crippen LogP contribution in [0.3, 0.4) is 0 Å². The second-order valence-electron chi connectivity index (χ2n) is 2.17. The minimum Gasteiger partial charge on any atom is -0.464 e. The van der Waals surface area contributed by atoms with Gasteiger partial charge in [0.25, 0.3) is 0 Å². The van der Waals surface area contributed by atoms with Crippen molar-refractivity contribution in [3.63, 3.8) is 0 Å². The summed E-state index contributed by atoms with van der Waals surface area (Å²) in [4.78, 5) is 14.7. The van der Waals surface area contributed by atoms with Gasteiger partial charge in [0.2, 0.25) is 0 Å². The molecule has 0 saturated carbocycles. The molecule has 1 aromatic rings. The van der Waals surface area contributed by atoms with Gasteiger partial charge >= 0.3 is 5.97 Å². The quantitative estimate of drug-likeness (QED) is 0.733. The summed E-state index contributed by atoms with van der Waals surface area (Å²) in [6, 6.07) is 0. The van der Waals surface area contributed by atoms with Gasteiger partial charge in [0, 0.05) is 6.20 Å². The van der Waals surface area contributed by atoms with Gasteiger partial charge in [0.05, 0.1) is 22.8 Å². The number of rotatable bonds is 1. The van der Waals surface area contributed by atoms with Crippen molar-refractivity contribution in [1.29, 1.82) is 0 Å². The molecule has 4 nitrogen and oxygen atoms in total. The third-order valence-electron chi connectivity index (χ3n) is 1.39. The predicted molar refractivity (Wildman–Crippen MR) is 50.0 cm³/mol. The van der Waals surface area contributed by atoms with Crippen LogP contribution in [0.25, 0.3) is 0 Å². The smallest absolute Gasteiger partial charge is 0.358 e. The number of hydrogen-bond acceptors (Lipinski definition) is 4. The van der Waals surface area contributed by atoms with E-state index in [0.29, 0.717) is 0 Å². The van der Waals surface area contributed by atoms with E-state index in [1.807, 2.05) is 0 Å². The first-order valence-electron chi connectivity index (χ1n) is 3.25. The molecule has 6 heteroatoms. The Balaban J connectivity index is 3.26. The van der Waals surface area contributed by atoms with Crippen molar-refractivity contribution >= 4 is 34.9 Å². The van der Waals surface area contributed by atoms with Crippen LogP contribution in [-0.2, 0) is 4.74 Å². The molecule has 1 heterocycles. The third kappa shape index (κ3) is 1.84. The van der Waals surface area contributed by atoms with Crippen LogP contribution in [0.4, 0.5) is 5.69 Å². The van der Waals surface area contributed by atoms with E-state index in [4.69, 9.17) is 28.9 Å². The highest BCUT2D eigenvalue weighted by molar-refractivity contribution is 6.43. The molecule has 0 fully saturated rings. The van der Waals surface area contributed by atoms with Crippen LogP contribution >= 0.6 is 23.2 Å². The number of carbonyl (C=O) groups excluding carboxylic acids is 1. The maximum absolute atomic E-state index is 11.0. The zero-order valence-electron chi connectivity index (χ0n) is 6.67. The van der Waals surface area contributed by atoms with E-state index in [0.717, 1.165) is 0 Å². The van der Waals surface area contributed by atoms with E-state index in [9.17, 15) is 4.79 Å². The van der Waals surface area contributed by atoms with E-state index in [1.165, 1.54) is 13.3 Å². The minimum absolute atomic E-state index is 0.0287. The fourth-order valence-electron chi connectivity index (χ4n) is 0.739. The van der Waals surface area contributed by atoms with Crippen molar-refractivity contribution in [3.8, 4) is 0 Å². The van der Waals surface area contributed by atoms with Crippen molar-refractivity contribution in [2.45, 2.75) is 0 Å². The Bertz CT molecular complexity index is 355. The van der Waals surface area contributed by atoms with E-state index in [1.54, 1.807) is 0 Å². The zero-order valence-corrected chi connectivity index (χ0v) is 8.19. The van der Waals surface area contributed by atoms with Crippen LogP contribution in [-0.4, -0.2) is 18.1 Å². The van der Waals surface area contributed by atoms with Gasteiger partial charge < -0.3 is 10.5 Å². The van der Waals surface area contributed by atoms with Crippen molar-refractivity contribution in [3.05, 3.63) is 21.9 Å². The van der Waals surface area contributed by atoms with Crippen LogP contribution in [0.2, 0.25) is 10.0 Å². The zero-order chi connectivity index (χ0) is 10.0. The molecule has 0 aromatic carbocycles. The Morgan fingerprint density at radius 3 is 2.77 bits per heavy atom. The fraction of sp³-hybridized carbons (Fsp3) is 0.143. The van der Waals surface area contributed by atoms with Crippen molar-refractivity contribution in [2.24, 2.45) is 0 Å². The summed E-state index contributed by atoms with van der Waals surface area (Å²) in [7, 11) is 1.23. The number of ether oxygens (including phenoxy) is 1. The standard InChI is InChI=1S/C7H6Cl2N2O2/c1-13-7(12)6-5(10)4(9)3(8)2-11-6/h2H,10H2,1H3. The van der Waals surface area contributed by atoms with Crippen molar-refractivity contribution < 1.29 is 9.53 Å². The number of esters is 1. The molecule has 0 amide bonds. The molecule has 70 valence electrons. The number of pyridine rings is 1. The van der Waals surface area contributed by atoms with E-state index in [2.05, 4.69) is 9.72 Å². The molecule has 0 unspecified atom stereocenters. The molecule has 13 heavy (non-hydrogen) atoms. The molecule has 0 bridgehead atoms. The van der Waals surface area contributed by atoms with Crippen LogP contribution < -0.4 is 5.73 Å². The number of nitrogens with zero attached hydrogens (tertiary/aromatic N) is 1. The van der Waals surface area contributed by atoms with Crippen LogP contribution in [0, 0.1) is 0 Å². The summed E-state index contributed by atoms with van der Waals surface area (Å²) in [5, 5.41) is 0.309. The number of nitrogens with two attached hydrogens (primary N) is 1. The molecule has 2 N–H and O–H groups in total. The highest BCUT2D eigenvalue weighted by Gasteiger charge is 2.15. The largest absolute Gasteiger partial charge is 0.464 e. The lowest BCUT2D eigenvalue weighted by Crippen LogP contribution is -2.08. The summed E-state index contributed by atoms with van der Waals surface area (Å²) >= 11 is 11.3. The maximum atomic E-state index is 11.0. The van der Waals surface area contributed by atoms with Gasteiger partial charge in [-0.25, -0.2) is 9.78 Å². The number of hydrogen-bond donors (Lipinski definition) is 1. The van der Waals surface area contributed by atoms with Crippen molar-refractivity contribution in [2.75, 3.05) is 12.8 Å². The molecule has 0 radical (unpaired) electrons. The lowest BCUT2D eigenvalue weighted by Gasteiger charge is -2.04. The molecule has 1 aromatic heterocycles. The van der Waals surface area contributed by atoms with Gasteiger partial charge in [-0.3, -0.25) is 0 Å². The maximum Gasteiger partial charge on any atom is 0.358 e. The van der Waals surface area contributed by atoms with Gasteiger partial charge in [0.1, 0.15) is 0 Å². The number of nitrogen functional groups attached to an aromatic ring is 1. The van der Waals surface area contributed by atoms with Crippen LogP contribution in [0.15, 0.2) is 6.20 Å². The predicted octanol–water partition coefficient (Wildman–Crippen LogP) is 1.76. The average Bonchev–Trinajstić information content (AvgIpc) is 2.13. The Labute approximate surface area is 84.6 Å². The number of halogens is 2. The topological polar surface area (TPSA) is 65.2 Å². The molecule has 0 aliphatic rings. The monoisotopic (exact) mass is 220 g/mol. The summed E-state index contributed by atoms with van der Waals surface area (Å²) < 4.78 is 4.43. The lowest BCUT2D eigenvalue weighted by atomic mass is 10.3. The number of carbonyl (C=O) groups is 1. The summed E-state index contributed by atoms with van der Waals surface area (Å²) in [5.74, 6) is -0.643. The average molecular weight is 221 g/mol. The summed E-state index contributed by atoms with van der Waals surface area (Å²) in [6.45, 7) is 0. The lowest BCUT2D eigenvalue weighted by molar-refractivity contribution is 0.0595. The van der Waals surface area contributed by atoms with Gasteiger partial charge in [-0.15, -0.1) is 0 Å². The Morgan fingerprint density at radius 1 is 1.62 bits per heavy atom. The normalized spacial score (nSPS) is 9.77. The SMILES string of the molecule is COC(=O)c1ncc(Cl)c(Cl)c1N. The molecular weight excluding hydrogens is 215 g/mol. The molecule has 0 aliphatic heterocycles. The molecule has 0 atom stereocenters. The van der Waals surface area contributed by atoms with Gasteiger partial charge in [-0.2, -0.15) is 0 Å². The minimum atomic E-state index is -0.643. The number of anilines is 1. The first-order chi connectivity index (χ1) is 6.07. The number of methoxy groups -OCH3 is 1. The first-order valence-corrected chi connectivity index (χ1v) is 4.01. The van der Waals surface area contributed by atoms with Gasteiger partial charge in [-0.1, -0.05) is 23.2 Å². The molecular formula is C7H6Cl2N2O2. The van der Waals surface area contributed by atoms with Gasteiger partial charge in [-0.05, 0) is 0 Å². The Hall–Kier alpha value is -1.00. The molecule has 0 saturated heterocycles. The Morgan fingerprint density at radius 2 is 2.23 bits per heavy atom. The third-order valence-corrected chi connectivity index (χ3v) is 2.18.